The van der Waals surface area contributed by atoms with Crippen LogP contribution < -0.4 is 9.90 Å². The summed E-state index contributed by atoms with van der Waals surface area (Å²) in [6.07, 6.45) is -3.48. The number of hydroxylamine groups is 1. The highest BCUT2D eigenvalue weighted by Gasteiger charge is 2.30. The molecular formula is C17H18F3NO. The molecule has 0 aliphatic heterocycles. The maximum absolute atomic E-state index is 12.6. The van der Waals surface area contributed by atoms with E-state index in [1.165, 1.54) is 12.1 Å². The van der Waals surface area contributed by atoms with E-state index < -0.39 is 11.7 Å². The van der Waals surface area contributed by atoms with Gasteiger partial charge in [-0.1, -0.05) is 25.1 Å². The summed E-state index contributed by atoms with van der Waals surface area (Å²) in [7, 11) is 0. The van der Waals surface area contributed by atoms with Gasteiger partial charge in [0.15, 0.2) is 5.75 Å². The van der Waals surface area contributed by atoms with E-state index in [1.54, 1.807) is 5.06 Å². The van der Waals surface area contributed by atoms with Crippen LogP contribution in [0.2, 0.25) is 0 Å². The Kier molecular flexibility index (Phi) is 4.96. The van der Waals surface area contributed by atoms with E-state index in [9.17, 15) is 13.2 Å². The summed E-state index contributed by atoms with van der Waals surface area (Å²) < 4.78 is 37.7. The van der Waals surface area contributed by atoms with Crippen LogP contribution >= 0.6 is 0 Å². The highest BCUT2D eigenvalue weighted by Crippen LogP contribution is 2.31. The number of hydrogen-bond acceptors (Lipinski definition) is 2. The highest BCUT2D eigenvalue weighted by molar-refractivity contribution is 5.51. The van der Waals surface area contributed by atoms with Gasteiger partial charge in [0, 0.05) is 0 Å². The molecule has 0 aromatic heterocycles. The molecule has 0 unspecified atom stereocenters. The molecule has 0 N–H and O–H groups in total. The number of benzene rings is 2. The Morgan fingerprint density at radius 1 is 1.00 bits per heavy atom. The Bertz CT molecular complexity index is 608. The first-order chi connectivity index (χ1) is 10.4. The first kappa shape index (κ1) is 16.2. The zero-order valence-electron chi connectivity index (χ0n) is 12.5. The van der Waals surface area contributed by atoms with Crippen molar-refractivity contribution in [2.24, 2.45) is 0 Å². The minimum Gasteiger partial charge on any atom is -0.380 e. The van der Waals surface area contributed by atoms with Gasteiger partial charge in [0.25, 0.3) is 0 Å². The lowest BCUT2D eigenvalue weighted by Gasteiger charge is -2.25. The van der Waals surface area contributed by atoms with Crippen molar-refractivity contribution >= 4 is 5.69 Å². The van der Waals surface area contributed by atoms with Gasteiger partial charge in [-0.25, -0.2) is 5.06 Å². The zero-order valence-corrected chi connectivity index (χ0v) is 12.5. The molecular weight excluding hydrogens is 291 g/mol. The zero-order chi connectivity index (χ0) is 16.2. The van der Waals surface area contributed by atoms with Crippen molar-refractivity contribution in [1.29, 1.82) is 0 Å². The molecule has 2 rings (SSSR count). The maximum Gasteiger partial charge on any atom is 0.416 e. The summed E-state index contributed by atoms with van der Waals surface area (Å²) in [5, 5.41) is 1.71. The second-order valence-corrected chi connectivity index (χ2v) is 5.00. The normalized spacial score (nSPS) is 11.3. The molecule has 22 heavy (non-hydrogen) atoms. The monoisotopic (exact) mass is 309 g/mol. The third kappa shape index (κ3) is 3.93. The van der Waals surface area contributed by atoms with Gasteiger partial charge < -0.3 is 4.84 Å². The first-order valence-corrected chi connectivity index (χ1v) is 7.10. The Balaban J connectivity index is 2.20. The van der Waals surface area contributed by atoms with Crippen molar-refractivity contribution in [3.63, 3.8) is 0 Å². The standard InChI is InChI=1S/C17H18F3NO/c1-3-12-21(16-7-5-4-6-13(16)2)22-15-10-8-14(9-11-15)17(18,19)20/h4-11H,3,12H2,1-2H3. The van der Waals surface area contributed by atoms with Crippen molar-refractivity contribution < 1.29 is 18.0 Å². The minimum atomic E-state index is -4.34. The van der Waals surface area contributed by atoms with Crippen LogP contribution in [0.15, 0.2) is 48.5 Å². The summed E-state index contributed by atoms with van der Waals surface area (Å²) in [5.74, 6) is 0.379. The molecule has 2 nitrogen and oxygen atoms in total. The van der Waals surface area contributed by atoms with E-state index in [2.05, 4.69) is 0 Å². The number of anilines is 1. The van der Waals surface area contributed by atoms with Crippen molar-refractivity contribution in [2.75, 3.05) is 11.6 Å². The summed E-state index contributed by atoms with van der Waals surface area (Å²) in [5.41, 5.74) is 1.27. The topological polar surface area (TPSA) is 12.5 Å². The van der Waals surface area contributed by atoms with Crippen LogP contribution in [0.1, 0.15) is 24.5 Å². The first-order valence-electron chi connectivity index (χ1n) is 7.10. The number of halogens is 3. The molecule has 0 radical (unpaired) electrons. The Morgan fingerprint density at radius 2 is 1.64 bits per heavy atom. The SMILES string of the molecule is CCCN(Oc1ccc(C(F)(F)F)cc1)c1ccccc1C. The van der Waals surface area contributed by atoms with Crippen LogP contribution in [0, 0.1) is 6.92 Å². The molecule has 0 atom stereocenters. The third-order valence-corrected chi connectivity index (χ3v) is 3.21. The Labute approximate surface area is 128 Å². The van der Waals surface area contributed by atoms with Crippen LogP contribution in [0.3, 0.4) is 0 Å². The lowest BCUT2D eigenvalue weighted by molar-refractivity contribution is -0.137. The third-order valence-electron chi connectivity index (χ3n) is 3.21. The molecule has 0 aliphatic rings. The highest BCUT2D eigenvalue weighted by atomic mass is 19.4. The van der Waals surface area contributed by atoms with Gasteiger partial charge in [-0.3, -0.25) is 0 Å². The fourth-order valence-corrected chi connectivity index (χ4v) is 2.09. The van der Waals surface area contributed by atoms with Crippen molar-refractivity contribution in [3.8, 4) is 5.75 Å². The predicted molar refractivity (Wildman–Crippen MR) is 80.9 cm³/mol. The van der Waals surface area contributed by atoms with Crippen LogP contribution in [-0.2, 0) is 6.18 Å². The number of alkyl halides is 3. The molecule has 0 saturated heterocycles. The van der Waals surface area contributed by atoms with Gasteiger partial charge >= 0.3 is 6.18 Å². The average Bonchev–Trinajstić information content (AvgIpc) is 2.47. The summed E-state index contributed by atoms with van der Waals surface area (Å²) in [6.45, 7) is 4.63. The van der Waals surface area contributed by atoms with E-state index in [0.29, 0.717) is 12.3 Å². The number of para-hydroxylation sites is 1. The molecule has 0 aliphatic carbocycles. The van der Waals surface area contributed by atoms with Crippen LogP contribution in [-0.4, -0.2) is 6.54 Å². The molecule has 0 spiro atoms. The number of rotatable bonds is 5. The Morgan fingerprint density at radius 3 is 2.18 bits per heavy atom. The fraction of sp³-hybridized carbons (Fsp3) is 0.294. The molecule has 0 bridgehead atoms. The summed E-state index contributed by atoms with van der Waals surface area (Å²) in [6, 6.07) is 12.5. The molecule has 2 aromatic carbocycles. The molecule has 0 saturated carbocycles. The second kappa shape index (κ2) is 6.73. The fourth-order valence-electron chi connectivity index (χ4n) is 2.09. The van der Waals surface area contributed by atoms with Gasteiger partial charge in [0.2, 0.25) is 0 Å². The number of hydrogen-bond donors (Lipinski definition) is 0. The second-order valence-electron chi connectivity index (χ2n) is 5.00. The van der Waals surface area contributed by atoms with Crippen LogP contribution in [0.5, 0.6) is 5.75 Å². The van der Waals surface area contributed by atoms with Gasteiger partial charge in [0.05, 0.1) is 17.8 Å². The van der Waals surface area contributed by atoms with E-state index in [1.807, 2.05) is 38.1 Å². The lowest BCUT2D eigenvalue weighted by Crippen LogP contribution is -2.28. The summed E-state index contributed by atoms with van der Waals surface area (Å²) >= 11 is 0. The van der Waals surface area contributed by atoms with Crippen molar-refractivity contribution in [2.45, 2.75) is 26.4 Å². The van der Waals surface area contributed by atoms with E-state index >= 15 is 0 Å². The Hall–Kier alpha value is -2.17. The smallest absolute Gasteiger partial charge is 0.380 e. The molecule has 0 fully saturated rings. The van der Waals surface area contributed by atoms with Crippen LogP contribution in [0.4, 0.5) is 18.9 Å². The number of aryl methyl sites for hydroxylation is 1. The predicted octanol–water partition coefficient (Wildman–Crippen LogP) is 5.22. The van der Waals surface area contributed by atoms with Gasteiger partial charge in [-0.05, 0) is 49.2 Å². The molecule has 5 heteroatoms. The van der Waals surface area contributed by atoms with Gasteiger partial charge in [-0.15, -0.1) is 0 Å². The maximum atomic E-state index is 12.6. The molecule has 0 amide bonds. The molecule has 2 aromatic rings. The quantitative estimate of drug-likeness (QED) is 0.702. The minimum absolute atomic E-state index is 0.379. The summed E-state index contributed by atoms with van der Waals surface area (Å²) in [4.78, 5) is 5.76. The largest absolute Gasteiger partial charge is 0.416 e. The van der Waals surface area contributed by atoms with Crippen molar-refractivity contribution in [1.82, 2.24) is 0 Å². The van der Waals surface area contributed by atoms with Gasteiger partial charge in [-0.2, -0.15) is 13.2 Å². The van der Waals surface area contributed by atoms with E-state index in [4.69, 9.17) is 4.84 Å². The van der Waals surface area contributed by atoms with Crippen molar-refractivity contribution in [3.05, 3.63) is 59.7 Å². The molecule has 0 heterocycles. The van der Waals surface area contributed by atoms with E-state index in [-0.39, 0.29) is 0 Å². The van der Waals surface area contributed by atoms with Gasteiger partial charge in [0.1, 0.15) is 0 Å². The number of nitrogens with zero attached hydrogens (tertiary/aromatic N) is 1. The average molecular weight is 309 g/mol. The molecule has 118 valence electrons. The van der Waals surface area contributed by atoms with Crippen LogP contribution in [0.25, 0.3) is 0 Å². The van der Waals surface area contributed by atoms with E-state index in [0.717, 1.165) is 29.8 Å². The lowest BCUT2D eigenvalue weighted by atomic mass is 10.2.